The summed E-state index contributed by atoms with van der Waals surface area (Å²) in [4.78, 5) is 0.239. The van der Waals surface area contributed by atoms with Crippen molar-refractivity contribution in [3.63, 3.8) is 0 Å². The molecule has 0 unspecified atom stereocenters. The lowest BCUT2D eigenvalue weighted by Crippen LogP contribution is -2.12. The van der Waals surface area contributed by atoms with Crippen LogP contribution in [0.3, 0.4) is 0 Å². The van der Waals surface area contributed by atoms with Gasteiger partial charge in [0.2, 0.25) is 0 Å². The molecule has 96 valence electrons. The minimum absolute atomic E-state index is 0.239. The molecule has 5 nitrogen and oxygen atoms in total. The first-order chi connectivity index (χ1) is 9.15. The van der Waals surface area contributed by atoms with Crippen LogP contribution in [-0.2, 0) is 10.0 Å². The highest BCUT2D eigenvalue weighted by molar-refractivity contribution is 7.92. The van der Waals surface area contributed by atoms with E-state index in [9.17, 15) is 8.42 Å². The molecule has 0 aliphatic heterocycles. The molecule has 0 fully saturated rings. The van der Waals surface area contributed by atoms with Crippen molar-refractivity contribution in [2.45, 2.75) is 4.90 Å². The Hall–Kier alpha value is -2.34. The number of fused-ring (bicyclic) bond motifs is 1. The molecule has 2 aromatic heterocycles. The average molecular weight is 273 g/mol. The van der Waals surface area contributed by atoms with Crippen molar-refractivity contribution in [1.82, 2.24) is 9.61 Å². The molecule has 19 heavy (non-hydrogen) atoms. The Kier molecular flexibility index (Phi) is 2.72. The SMILES string of the molecule is O=S(=O)(Nc1ccn2nccc2c1)c1ccccc1. The van der Waals surface area contributed by atoms with Gasteiger partial charge in [0.05, 0.1) is 16.1 Å². The first-order valence-corrected chi connectivity index (χ1v) is 7.15. The van der Waals surface area contributed by atoms with Gasteiger partial charge in [-0.05, 0) is 30.3 Å². The highest BCUT2D eigenvalue weighted by Crippen LogP contribution is 2.17. The lowest BCUT2D eigenvalue weighted by atomic mass is 10.4. The molecule has 1 aromatic carbocycles. The Morgan fingerprint density at radius 2 is 1.84 bits per heavy atom. The molecule has 3 rings (SSSR count). The number of sulfonamides is 1. The Labute approximate surface area is 110 Å². The van der Waals surface area contributed by atoms with Crippen molar-refractivity contribution in [3.05, 3.63) is 60.9 Å². The van der Waals surface area contributed by atoms with Gasteiger partial charge >= 0.3 is 0 Å². The lowest BCUT2D eigenvalue weighted by Gasteiger charge is -2.08. The van der Waals surface area contributed by atoms with Crippen LogP contribution in [0.15, 0.2) is 65.8 Å². The highest BCUT2D eigenvalue weighted by Gasteiger charge is 2.13. The third-order valence-corrected chi connectivity index (χ3v) is 4.10. The summed E-state index contributed by atoms with van der Waals surface area (Å²) in [6, 6.07) is 13.5. The van der Waals surface area contributed by atoms with Crippen LogP contribution in [0.4, 0.5) is 5.69 Å². The van der Waals surface area contributed by atoms with Gasteiger partial charge in [-0.25, -0.2) is 12.9 Å². The summed E-state index contributed by atoms with van der Waals surface area (Å²) in [5.41, 5.74) is 1.34. The Morgan fingerprint density at radius 3 is 2.63 bits per heavy atom. The number of aromatic nitrogens is 2. The number of rotatable bonds is 3. The molecule has 0 bridgehead atoms. The van der Waals surface area contributed by atoms with Gasteiger partial charge in [-0.2, -0.15) is 5.10 Å². The molecule has 2 heterocycles. The van der Waals surface area contributed by atoms with E-state index in [1.54, 1.807) is 65.4 Å². The number of anilines is 1. The first kappa shape index (κ1) is 11.7. The summed E-state index contributed by atoms with van der Waals surface area (Å²) >= 11 is 0. The molecule has 0 saturated carbocycles. The lowest BCUT2D eigenvalue weighted by molar-refractivity contribution is 0.601. The van der Waals surface area contributed by atoms with Crippen molar-refractivity contribution < 1.29 is 8.42 Å². The zero-order valence-electron chi connectivity index (χ0n) is 9.89. The highest BCUT2D eigenvalue weighted by atomic mass is 32.2. The van der Waals surface area contributed by atoms with Crippen molar-refractivity contribution in [3.8, 4) is 0 Å². The fraction of sp³-hybridized carbons (Fsp3) is 0. The second kappa shape index (κ2) is 4.40. The molecule has 0 amide bonds. The molecule has 3 aromatic rings. The maximum absolute atomic E-state index is 12.1. The van der Waals surface area contributed by atoms with Gasteiger partial charge in [0.1, 0.15) is 0 Å². The van der Waals surface area contributed by atoms with Crippen LogP contribution in [0.2, 0.25) is 0 Å². The minimum Gasteiger partial charge on any atom is -0.279 e. The van der Waals surface area contributed by atoms with Crippen molar-refractivity contribution in [2.24, 2.45) is 0 Å². The van der Waals surface area contributed by atoms with Gasteiger partial charge < -0.3 is 0 Å². The normalized spacial score (nSPS) is 11.6. The zero-order chi connectivity index (χ0) is 13.3. The van der Waals surface area contributed by atoms with Crippen molar-refractivity contribution >= 4 is 21.2 Å². The molecule has 0 spiro atoms. The maximum atomic E-state index is 12.1. The molecule has 0 radical (unpaired) electrons. The molecule has 0 aliphatic carbocycles. The quantitative estimate of drug-likeness (QED) is 0.795. The van der Waals surface area contributed by atoms with E-state index < -0.39 is 10.0 Å². The van der Waals surface area contributed by atoms with Crippen LogP contribution >= 0.6 is 0 Å². The van der Waals surface area contributed by atoms with Gasteiger partial charge in [0, 0.05) is 12.4 Å². The minimum atomic E-state index is -3.54. The average Bonchev–Trinajstić information content (AvgIpc) is 2.87. The second-order valence-electron chi connectivity index (χ2n) is 4.03. The Morgan fingerprint density at radius 1 is 1.05 bits per heavy atom. The van der Waals surface area contributed by atoms with Gasteiger partial charge in [0.25, 0.3) is 10.0 Å². The second-order valence-corrected chi connectivity index (χ2v) is 5.72. The predicted octanol–water partition coefficient (Wildman–Crippen LogP) is 2.14. The summed E-state index contributed by atoms with van der Waals surface area (Å²) in [5, 5.41) is 4.05. The van der Waals surface area contributed by atoms with E-state index in [4.69, 9.17) is 0 Å². The van der Waals surface area contributed by atoms with Crippen molar-refractivity contribution in [2.75, 3.05) is 4.72 Å². The summed E-state index contributed by atoms with van der Waals surface area (Å²) in [7, 11) is -3.54. The number of nitrogens with zero attached hydrogens (tertiary/aromatic N) is 2. The largest absolute Gasteiger partial charge is 0.279 e. The smallest absolute Gasteiger partial charge is 0.261 e. The Bertz CT molecular complexity index is 810. The number of pyridine rings is 1. The van der Waals surface area contributed by atoms with E-state index in [1.807, 2.05) is 0 Å². The monoisotopic (exact) mass is 273 g/mol. The third kappa shape index (κ3) is 2.30. The number of hydrogen-bond donors (Lipinski definition) is 1. The van der Waals surface area contributed by atoms with Crippen LogP contribution < -0.4 is 4.72 Å². The molecular weight excluding hydrogens is 262 g/mol. The summed E-state index contributed by atoms with van der Waals surface area (Å²) in [6.45, 7) is 0. The molecule has 1 N–H and O–H groups in total. The number of nitrogens with one attached hydrogen (secondary N) is 1. The van der Waals surface area contributed by atoms with Gasteiger partial charge in [-0.3, -0.25) is 4.72 Å². The molecular formula is C13H11N3O2S. The molecule has 0 saturated heterocycles. The van der Waals surface area contributed by atoms with Gasteiger partial charge in [-0.15, -0.1) is 0 Å². The van der Waals surface area contributed by atoms with E-state index in [1.165, 1.54) is 0 Å². The Balaban J connectivity index is 1.96. The van der Waals surface area contributed by atoms with E-state index in [2.05, 4.69) is 9.82 Å². The van der Waals surface area contributed by atoms with Crippen LogP contribution in [0, 0.1) is 0 Å². The summed E-state index contributed by atoms with van der Waals surface area (Å²) < 4.78 is 28.5. The fourth-order valence-electron chi connectivity index (χ4n) is 1.80. The first-order valence-electron chi connectivity index (χ1n) is 5.66. The topological polar surface area (TPSA) is 63.5 Å². The van der Waals surface area contributed by atoms with Crippen LogP contribution in [0.1, 0.15) is 0 Å². The van der Waals surface area contributed by atoms with Crippen LogP contribution in [0.25, 0.3) is 5.52 Å². The summed E-state index contributed by atoms with van der Waals surface area (Å²) in [5.74, 6) is 0. The van der Waals surface area contributed by atoms with Crippen molar-refractivity contribution in [1.29, 1.82) is 0 Å². The number of hydrogen-bond acceptors (Lipinski definition) is 3. The molecule has 0 atom stereocenters. The molecule has 6 heteroatoms. The van der Waals surface area contributed by atoms with E-state index in [0.29, 0.717) is 5.69 Å². The fourth-order valence-corrected chi connectivity index (χ4v) is 2.87. The predicted molar refractivity (Wildman–Crippen MR) is 72.4 cm³/mol. The third-order valence-electron chi connectivity index (χ3n) is 2.71. The van der Waals surface area contributed by atoms with E-state index in [0.717, 1.165) is 5.52 Å². The summed E-state index contributed by atoms with van der Waals surface area (Å²) in [6.07, 6.45) is 3.36. The maximum Gasteiger partial charge on any atom is 0.261 e. The van der Waals surface area contributed by atoms with E-state index in [-0.39, 0.29) is 4.90 Å². The number of benzene rings is 1. The van der Waals surface area contributed by atoms with E-state index >= 15 is 0 Å². The molecule has 0 aliphatic rings. The van der Waals surface area contributed by atoms with Gasteiger partial charge in [-0.1, -0.05) is 18.2 Å². The van der Waals surface area contributed by atoms with Crippen LogP contribution in [-0.4, -0.2) is 18.0 Å². The van der Waals surface area contributed by atoms with Crippen LogP contribution in [0.5, 0.6) is 0 Å². The zero-order valence-corrected chi connectivity index (χ0v) is 10.7. The standard InChI is InChI=1S/C13H11N3O2S/c17-19(18,13-4-2-1-3-5-13)15-11-7-9-16-12(10-11)6-8-14-16/h1-10,15H. The van der Waals surface area contributed by atoms with Gasteiger partial charge in [0.15, 0.2) is 0 Å².